The minimum Gasteiger partial charge on any atom is -0.342 e. The summed E-state index contributed by atoms with van der Waals surface area (Å²) in [4.78, 5) is 15.4. The molecule has 0 amide bonds. The van der Waals surface area contributed by atoms with Crippen LogP contribution in [-0.4, -0.2) is 19.9 Å². The van der Waals surface area contributed by atoms with Crippen LogP contribution < -0.4 is 0 Å². The van der Waals surface area contributed by atoms with Crippen LogP contribution in [0.5, 0.6) is 0 Å². The van der Waals surface area contributed by atoms with E-state index in [1.54, 1.807) is 6.07 Å². The quantitative estimate of drug-likeness (QED) is 0.600. The summed E-state index contributed by atoms with van der Waals surface area (Å²) < 4.78 is 14.3. The number of hydrogen-bond donors (Lipinski definition) is 2. The maximum absolute atomic E-state index is 14.3. The maximum atomic E-state index is 14.3. The lowest BCUT2D eigenvalue weighted by Gasteiger charge is -2.00. The van der Waals surface area contributed by atoms with Gasteiger partial charge in [-0.2, -0.15) is 0 Å². The highest BCUT2D eigenvalue weighted by Gasteiger charge is 2.11. The molecule has 2 aromatic heterocycles. The van der Waals surface area contributed by atoms with E-state index in [9.17, 15) is 4.39 Å². The predicted octanol–water partition coefficient (Wildman–Crippen LogP) is 4.04. The third-order valence-electron chi connectivity index (χ3n) is 4.12. The zero-order valence-corrected chi connectivity index (χ0v) is 13.1. The summed E-state index contributed by atoms with van der Waals surface area (Å²) in [5, 5.41) is 0. The summed E-state index contributed by atoms with van der Waals surface area (Å²) in [5.74, 6) is 1.35. The van der Waals surface area contributed by atoms with Crippen molar-refractivity contribution in [2.45, 2.75) is 26.7 Å². The number of nitrogens with zero attached hydrogens (tertiary/aromatic N) is 2. The third kappa shape index (κ3) is 2.38. The summed E-state index contributed by atoms with van der Waals surface area (Å²) in [6.45, 7) is 4.03. The van der Waals surface area contributed by atoms with Crippen LogP contribution in [0.15, 0.2) is 30.3 Å². The highest BCUT2D eigenvalue weighted by Crippen LogP contribution is 2.21. The first-order chi connectivity index (χ1) is 11.1. The molecule has 0 unspecified atom stereocenters. The molecule has 23 heavy (non-hydrogen) atoms. The van der Waals surface area contributed by atoms with Crippen molar-refractivity contribution < 1.29 is 4.39 Å². The molecule has 0 saturated carbocycles. The Morgan fingerprint density at radius 1 is 1.00 bits per heavy atom. The molecule has 0 aliphatic carbocycles. The number of rotatable bonds is 3. The highest BCUT2D eigenvalue weighted by atomic mass is 19.1. The van der Waals surface area contributed by atoms with Gasteiger partial charge in [0, 0.05) is 12.8 Å². The van der Waals surface area contributed by atoms with Crippen LogP contribution in [-0.2, 0) is 12.8 Å². The molecule has 2 aromatic carbocycles. The maximum Gasteiger partial charge on any atom is 0.151 e. The Labute approximate surface area is 132 Å². The topological polar surface area (TPSA) is 57.4 Å². The fourth-order valence-corrected chi connectivity index (χ4v) is 2.96. The van der Waals surface area contributed by atoms with Gasteiger partial charge in [0.05, 0.1) is 16.6 Å². The van der Waals surface area contributed by atoms with Crippen molar-refractivity contribution in [2.75, 3.05) is 0 Å². The molecule has 0 spiro atoms. The number of nitrogens with one attached hydrogen (secondary N) is 2. The Balaban J connectivity index is 1.74. The lowest BCUT2D eigenvalue weighted by atomic mass is 10.1. The average molecular weight is 308 g/mol. The highest BCUT2D eigenvalue weighted by molar-refractivity contribution is 5.79. The standard InChI is InChI=1S/C18H17FN4/c1-3-15-21-14-8-11(7-12(19)18(14)22-15)9-16-20-13-6-4-5-10(2)17(13)23-16/h4-8H,3,9H2,1-2H3,(H,20,23)(H,21,22). The molecule has 4 aromatic rings. The van der Waals surface area contributed by atoms with Crippen LogP contribution >= 0.6 is 0 Å². The van der Waals surface area contributed by atoms with Crippen molar-refractivity contribution in [1.82, 2.24) is 19.9 Å². The van der Waals surface area contributed by atoms with Gasteiger partial charge in [0.15, 0.2) is 5.82 Å². The SMILES string of the molecule is CCc1nc2c(F)cc(Cc3nc4c(C)cccc4[nH]3)cc2[nH]1. The molecule has 0 fully saturated rings. The zero-order valence-electron chi connectivity index (χ0n) is 13.1. The molecular formula is C18H17FN4. The summed E-state index contributed by atoms with van der Waals surface area (Å²) in [6.07, 6.45) is 1.31. The van der Waals surface area contributed by atoms with E-state index in [1.165, 1.54) is 0 Å². The second-order valence-corrected chi connectivity index (χ2v) is 5.84. The molecule has 4 rings (SSSR count). The smallest absolute Gasteiger partial charge is 0.151 e. The third-order valence-corrected chi connectivity index (χ3v) is 4.12. The van der Waals surface area contributed by atoms with Gasteiger partial charge in [-0.3, -0.25) is 0 Å². The van der Waals surface area contributed by atoms with E-state index in [1.807, 2.05) is 38.1 Å². The van der Waals surface area contributed by atoms with E-state index in [-0.39, 0.29) is 5.82 Å². The number of H-pyrrole nitrogens is 2. The number of para-hydroxylation sites is 1. The summed E-state index contributed by atoms with van der Waals surface area (Å²) in [5.41, 5.74) is 5.14. The second kappa shape index (κ2) is 5.19. The first-order valence-corrected chi connectivity index (χ1v) is 7.75. The largest absolute Gasteiger partial charge is 0.342 e. The Hall–Kier alpha value is -2.69. The average Bonchev–Trinajstić information content (AvgIpc) is 3.11. The van der Waals surface area contributed by atoms with E-state index in [2.05, 4.69) is 19.9 Å². The van der Waals surface area contributed by atoms with E-state index < -0.39 is 0 Å². The van der Waals surface area contributed by atoms with Gasteiger partial charge in [-0.15, -0.1) is 0 Å². The number of fused-ring (bicyclic) bond motifs is 2. The van der Waals surface area contributed by atoms with E-state index in [0.29, 0.717) is 11.9 Å². The number of aromatic nitrogens is 4. The van der Waals surface area contributed by atoms with Crippen LogP contribution in [0.3, 0.4) is 0 Å². The van der Waals surface area contributed by atoms with Crippen molar-refractivity contribution in [2.24, 2.45) is 0 Å². The van der Waals surface area contributed by atoms with Crippen LogP contribution in [0.4, 0.5) is 4.39 Å². The molecule has 0 radical (unpaired) electrons. The Kier molecular flexibility index (Phi) is 3.15. The number of hydrogen-bond acceptors (Lipinski definition) is 2. The fourth-order valence-electron chi connectivity index (χ4n) is 2.96. The first-order valence-electron chi connectivity index (χ1n) is 7.75. The molecule has 0 bridgehead atoms. The van der Waals surface area contributed by atoms with Gasteiger partial charge in [0.2, 0.25) is 0 Å². The second-order valence-electron chi connectivity index (χ2n) is 5.84. The number of aromatic amines is 2. The molecule has 116 valence electrons. The number of imidazole rings is 2. The number of aryl methyl sites for hydroxylation is 2. The van der Waals surface area contributed by atoms with Crippen molar-refractivity contribution in [3.05, 3.63) is 58.9 Å². The van der Waals surface area contributed by atoms with Crippen molar-refractivity contribution in [3.8, 4) is 0 Å². The normalized spacial score (nSPS) is 11.6. The molecule has 0 atom stereocenters. The van der Waals surface area contributed by atoms with E-state index >= 15 is 0 Å². The lowest BCUT2D eigenvalue weighted by Crippen LogP contribution is -1.92. The van der Waals surface area contributed by atoms with Crippen molar-refractivity contribution in [3.63, 3.8) is 0 Å². The van der Waals surface area contributed by atoms with Crippen LogP contribution in [0.1, 0.15) is 29.7 Å². The Morgan fingerprint density at radius 3 is 2.57 bits per heavy atom. The number of halogens is 1. The van der Waals surface area contributed by atoms with Gasteiger partial charge in [-0.1, -0.05) is 19.1 Å². The molecule has 0 aliphatic rings. The van der Waals surface area contributed by atoms with Crippen molar-refractivity contribution in [1.29, 1.82) is 0 Å². The van der Waals surface area contributed by atoms with Gasteiger partial charge in [0.1, 0.15) is 17.2 Å². The summed E-state index contributed by atoms with van der Waals surface area (Å²) >= 11 is 0. The van der Waals surface area contributed by atoms with Crippen molar-refractivity contribution >= 4 is 22.1 Å². The summed E-state index contributed by atoms with van der Waals surface area (Å²) in [6, 6.07) is 9.54. The van der Waals surface area contributed by atoms with E-state index in [4.69, 9.17) is 0 Å². The van der Waals surface area contributed by atoms with Crippen LogP contribution in [0, 0.1) is 12.7 Å². The molecule has 5 heteroatoms. The van der Waals surface area contributed by atoms with Crippen LogP contribution in [0.2, 0.25) is 0 Å². The molecular weight excluding hydrogens is 291 g/mol. The Bertz CT molecular complexity index is 1010. The van der Waals surface area contributed by atoms with Gasteiger partial charge >= 0.3 is 0 Å². The molecule has 4 nitrogen and oxygen atoms in total. The minimum atomic E-state index is -0.291. The van der Waals surface area contributed by atoms with Gasteiger partial charge < -0.3 is 9.97 Å². The monoisotopic (exact) mass is 308 g/mol. The fraction of sp³-hybridized carbons (Fsp3) is 0.222. The molecule has 2 heterocycles. The van der Waals surface area contributed by atoms with E-state index in [0.717, 1.165) is 45.7 Å². The first kappa shape index (κ1) is 13.9. The zero-order chi connectivity index (χ0) is 16.0. The molecule has 0 saturated heterocycles. The van der Waals surface area contributed by atoms with Gasteiger partial charge in [0.25, 0.3) is 0 Å². The van der Waals surface area contributed by atoms with Crippen LogP contribution in [0.25, 0.3) is 22.1 Å². The Morgan fingerprint density at radius 2 is 1.78 bits per heavy atom. The lowest BCUT2D eigenvalue weighted by molar-refractivity contribution is 0.635. The minimum absolute atomic E-state index is 0.291. The summed E-state index contributed by atoms with van der Waals surface area (Å²) in [7, 11) is 0. The molecule has 2 N–H and O–H groups in total. The predicted molar refractivity (Wildman–Crippen MR) is 89.1 cm³/mol. The molecule has 0 aliphatic heterocycles. The van der Waals surface area contributed by atoms with Gasteiger partial charge in [-0.25, -0.2) is 14.4 Å². The van der Waals surface area contributed by atoms with Gasteiger partial charge in [-0.05, 0) is 36.2 Å². The number of benzene rings is 2.